The van der Waals surface area contributed by atoms with Gasteiger partial charge in [0.05, 0.1) is 12.2 Å². The van der Waals surface area contributed by atoms with Crippen molar-refractivity contribution in [3.05, 3.63) is 59.7 Å². The van der Waals surface area contributed by atoms with Gasteiger partial charge in [-0.05, 0) is 49.2 Å². The predicted molar refractivity (Wildman–Crippen MR) is 78.4 cm³/mol. The number of ether oxygens (including phenoxy) is 2. The average molecular weight is 270 g/mol. The van der Waals surface area contributed by atoms with Crippen LogP contribution in [-0.4, -0.2) is 12.6 Å². The number of aryl methyl sites for hydroxylation is 1. The summed E-state index contributed by atoms with van der Waals surface area (Å²) in [6, 6.07) is 14.4. The molecule has 0 saturated carbocycles. The minimum atomic E-state index is -0.360. The Morgan fingerprint density at radius 1 is 1.05 bits per heavy atom. The fourth-order valence-electron chi connectivity index (χ4n) is 1.74. The first-order valence-electron chi connectivity index (χ1n) is 6.71. The van der Waals surface area contributed by atoms with E-state index in [4.69, 9.17) is 9.47 Å². The summed E-state index contributed by atoms with van der Waals surface area (Å²) in [5.74, 6) is 0.990. The van der Waals surface area contributed by atoms with E-state index in [0.717, 1.165) is 17.7 Å². The molecule has 0 fully saturated rings. The zero-order chi connectivity index (χ0) is 14.4. The van der Waals surface area contributed by atoms with Crippen molar-refractivity contribution >= 4 is 5.97 Å². The van der Waals surface area contributed by atoms with E-state index < -0.39 is 0 Å². The number of hydrogen-bond acceptors (Lipinski definition) is 3. The average Bonchev–Trinajstić information content (AvgIpc) is 2.48. The molecule has 104 valence electrons. The third-order valence-electron chi connectivity index (χ3n) is 2.86. The van der Waals surface area contributed by atoms with Crippen LogP contribution in [0.15, 0.2) is 48.5 Å². The van der Waals surface area contributed by atoms with Gasteiger partial charge in [0.1, 0.15) is 11.5 Å². The number of carbonyl (C=O) groups is 1. The number of benzene rings is 2. The molecule has 0 atom stereocenters. The first-order chi connectivity index (χ1) is 9.70. The Balaban J connectivity index is 2.04. The van der Waals surface area contributed by atoms with Crippen LogP contribution < -0.4 is 9.47 Å². The number of rotatable bonds is 5. The standard InChI is InChI=1S/C17H18O3/c1-3-12-19-15-10-8-14(9-11-15)17(18)20-16-7-5-4-6-13(16)2/h4-11H,3,12H2,1-2H3. The quantitative estimate of drug-likeness (QED) is 0.608. The largest absolute Gasteiger partial charge is 0.494 e. The first-order valence-corrected chi connectivity index (χ1v) is 6.71. The summed E-state index contributed by atoms with van der Waals surface area (Å²) < 4.78 is 10.8. The van der Waals surface area contributed by atoms with E-state index in [9.17, 15) is 4.79 Å². The number of hydrogen-bond donors (Lipinski definition) is 0. The van der Waals surface area contributed by atoms with Crippen LogP contribution in [0.5, 0.6) is 11.5 Å². The van der Waals surface area contributed by atoms with Gasteiger partial charge in [-0.25, -0.2) is 4.79 Å². The highest BCUT2D eigenvalue weighted by molar-refractivity contribution is 5.91. The van der Waals surface area contributed by atoms with Gasteiger partial charge in [0, 0.05) is 0 Å². The Hall–Kier alpha value is -2.29. The highest BCUT2D eigenvalue weighted by Crippen LogP contribution is 2.19. The highest BCUT2D eigenvalue weighted by atomic mass is 16.5. The van der Waals surface area contributed by atoms with Crippen LogP contribution in [0.4, 0.5) is 0 Å². The molecule has 2 rings (SSSR count). The summed E-state index contributed by atoms with van der Waals surface area (Å²) in [4.78, 5) is 12.0. The Bertz CT molecular complexity index is 573. The molecule has 3 nitrogen and oxygen atoms in total. The van der Waals surface area contributed by atoms with E-state index in [2.05, 4.69) is 0 Å². The smallest absolute Gasteiger partial charge is 0.343 e. The Morgan fingerprint density at radius 2 is 1.75 bits per heavy atom. The topological polar surface area (TPSA) is 35.5 Å². The van der Waals surface area contributed by atoms with Crippen LogP contribution in [0.1, 0.15) is 29.3 Å². The molecule has 0 aromatic heterocycles. The molecule has 0 aliphatic heterocycles. The van der Waals surface area contributed by atoms with Gasteiger partial charge >= 0.3 is 5.97 Å². The molecule has 20 heavy (non-hydrogen) atoms. The summed E-state index contributed by atoms with van der Waals surface area (Å²) in [5, 5.41) is 0. The number of esters is 1. The van der Waals surface area contributed by atoms with Crippen molar-refractivity contribution < 1.29 is 14.3 Å². The third kappa shape index (κ3) is 3.60. The molecule has 0 N–H and O–H groups in total. The monoisotopic (exact) mass is 270 g/mol. The molecule has 0 amide bonds. The second-order valence-electron chi connectivity index (χ2n) is 4.53. The van der Waals surface area contributed by atoms with Crippen molar-refractivity contribution in [1.29, 1.82) is 0 Å². The molecular formula is C17H18O3. The lowest BCUT2D eigenvalue weighted by Gasteiger charge is -2.08. The second-order valence-corrected chi connectivity index (χ2v) is 4.53. The van der Waals surface area contributed by atoms with Crippen molar-refractivity contribution in [1.82, 2.24) is 0 Å². The van der Waals surface area contributed by atoms with Gasteiger partial charge in [0.2, 0.25) is 0 Å². The third-order valence-corrected chi connectivity index (χ3v) is 2.86. The van der Waals surface area contributed by atoms with Crippen molar-refractivity contribution in [3.8, 4) is 11.5 Å². The summed E-state index contributed by atoms with van der Waals surface area (Å²) in [6.45, 7) is 4.63. The maximum absolute atomic E-state index is 12.0. The van der Waals surface area contributed by atoms with Gasteiger partial charge in [0.25, 0.3) is 0 Å². The van der Waals surface area contributed by atoms with E-state index in [0.29, 0.717) is 17.9 Å². The van der Waals surface area contributed by atoms with Crippen LogP contribution in [-0.2, 0) is 0 Å². The zero-order valence-electron chi connectivity index (χ0n) is 11.8. The molecule has 2 aromatic carbocycles. The van der Waals surface area contributed by atoms with Crippen LogP contribution in [0.25, 0.3) is 0 Å². The predicted octanol–water partition coefficient (Wildman–Crippen LogP) is 4.00. The fraction of sp³-hybridized carbons (Fsp3) is 0.235. The van der Waals surface area contributed by atoms with Crippen LogP contribution in [0.2, 0.25) is 0 Å². The minimum Gasteiger partial charge on any atom is -0.494 e. The Labute approximate surface area is 119 Å². The molecular weight excluding hydrogens is 252 g/mol. The Morgan fingerprint density at radius 3 is 2.40 bits per heavy atom. The summed E-state index contributed by atoms with van der Waals surface area (Å²) in [7, 11) is 0. The molecule has 3 heteroatoms. The second kappa shape index (κ2) is 6.75. The lowest BCUT2D eigenvalue weighted by atomic mass is 10.2. The van der Waals surface area contributed by atoms with Crippen molar-refractivity contribution in [2.45, 2.75) is 20.3 Å². The van der Waals surface area contributed by atoms with Gasteiger partial charge in [-0.15, -0.1) is 0 Å². The minimum absolute atomic E-state index is 0.360. The molecule has 0 aliphatic rings. The van der Waals surface area contributed by atoms with E-state index in [1.54, 1.807) is 30.3 Å². The molecule has 0 unspecified atom stereocenters. The van der Waals surface area contributed by atoms with Gasteiger partial charge < -0.3 is 9.47 Å². The molecule has 0 bridgehead atoms. The van der Waals surface area contributed by atoms with Crippen molar-refractivity contribution in [2.24, 2.45) is 0 Å². The molecule has 0 saturated heterocycles. The summed E-state index contributed by atoms with van der Waals surface area (Å²) >= 11 is 0. The highest BCUT2D eigenvalue weighted by Gasteiger charge is 2.09. The number of para-hydroxylation sites is 1. The molecule has 2 aromatic rings. The molecule has 0 radical (unpaired) electrons. The van der Waals surface area contributed by atoms with Crippen molar-refractivity contribution in [3.63, 3.8) is 0 Å². The van der Waals surface area contributed by atoms with Crippen molar-refractivity contribution in [2.75, 3.05) is 6.61 Å². The fourth-order valence-corrected chi connectivity index (χ4v) is 1.74. The number of carbonyl (C=O) groups excluding carboxylic acids is 1. The van der Waals surface area contributed by atoms with Crippen LogP contribution >= 0.6 is 0 Å². The van der Waals surface area contributed by atoms with Gasteiger partial charge in [-0.3, -0.25) is 0 Å². The SMILES string of the molecule is CCCOc1ccc(C(=O)Oc2ccccc2C)cc1. The summed E-state index contributed by atoms with van der Waals surface area (Å²) in [5.41, 5.74) is 1.45. The first kappa shape index (κ1) is 14.1. The molecule has 0 spiro atoms. The van der Waals surface area contributed by atoms with E-state index in [1.807, 2.05) is 32.0 Å². The normalized spacial score (nSPS) is 10.1. The van der Waals surface area contributed by atoms with E-state index in [-0.39, 0.29) is 5.97 Å². The van der Waals surface area contributed by atoms with Gasteiger partial charge in [-0.2, -0.15) is 0 Å². The van der Waals surface area contributed by atoms with Gasteiger partial charge in [-0.1, -0.05) is 25.1 Å². The van der Waals surface area contributed by atoms with E-state index >= 15 is 0 Å². The summed E-state index contributed by atoms with van der Waals surface area (Å²) in [6.07, 6.45) is 0.955. The maximum atomic E-state index is 12.0. The molecule has 0 aliphatic carbocycles. The van der Waals surface area contributed by atoms with Crippen LogP contribution in [0.3, 0.4) is 0 Å². The zero-order valence-corrected chi connectivity index (χ0v) is 11.8. The van der Waals surface area contributed by atoms with Gasteiger partial charge in [0.15, 0.2) is 0 Å². The lowest BCUT2D eigenvalue weighted by molar-refractivity contribution is 0.0733. The Kier molecular flexibility index (Phi) is 4.77. The lowest BCUT2D eigenvalue weighted by Crippen LogP contribution is -2.09. The van der Waals surface area contributed by atoms with Crippen LogP contribution in [0, 0.1) is 6.92 Å². The maximum Gasteiger partial charge on any atom is 0.343 e. The van der Waals surface area contributed by atoms with E-state index in [1.165, 1.54) is 0 Å². The molecule has 0 heterocycles.